The second kappa shape index (κ2) is 4.86. The molecular formula is C12H23N3. The van der Waals surface area contributed by atoms with E-state index >= 15 is 0 Å². The Bertz CT molecular complexity index is 205. The molecule has 0 aromatic rings. The summed E-state index contributed by atoms with van der Waals surface area (Å²) in [5.74, 6) is 1.28. The minimum Gasteiger partial charge on any atom is -0.343 e. The topological polar surface area (TPSA) is 18.8 Å². The molecule has 0 N–H and O–H groups in total. The molecule has 0 aromatic heterocycles. The zero-order chi connectivity index (χ0) is 10.7. The Balaban J connectivity index is 2.07. The van der Waals surface area contributed by atoms with E-state index in [4.69, 9.17) is 4.99 Å². The lowest BCUT2D eigenvalue weighted by Gasteiger charge is -2.29. The van der Waals surface area contributed by atoms with Gasteiger partial charge in [-0.1, -0.05) is 0 Å². The Hall–Kier alpha value is -0.730. The second-order valence-electron chi connectivity index (χ2n) is 4.91. The molecule has 15 heavy (non-hydrogen) atoms. The molecule has 2 heterocycles. The van der Waals surface area contributed by atoms with Gasteiger partial charge < -0.3 is 9.80 Å². The van der Waals surface area contributed by atoms with Gasteiger partial charge in [0.15, 0.2) is 5.96 Å². The van der Waals surface area contributed by atoms with Gasteiger partial charge in [0.1, 0.15) is 0 Å². The molecule has 2 saturated heterocycles. The van der Waals surface area contributed by atoms with Gasteiger partial charge in [0, 0.05) is 32.2 Å². The third kappa shape index (κ3) is 2.64. The van der Waals surface area contributed by atoms with E-state index in [1.807, 2.05) is 0 Å². The number of rotatable bonds is 1. The highest BCUT2D eigenvalue weighted by atomic mass is 15.4. The summed E-state index contributed by atoms with van der Waals surface area (Å²) in [6, 6.07) is 0.418. The summed E-state index contributed by atoms with van der Waals surface area (Å²) < 4.78 is 0. The molecule has 2 rings (SSSR count). The monoisotopic (exact) mass is 209 g/mol. The lowest BCUT2D eigenvalue weighted by atomic mass is 10.4. The first kappa shape index (κ1) is 10.8. The summed E-state index contributed by atoms with van der Waals surface area (Å²) in [6.45, 7) is 9.19. The molecule has 86 valence electrons. The van der Waals surface area contributed by atoms with E-state index < -0.39 is 0 Å². The van der Waals surface area contributed by atoms with E-state index in [0.717, 1.165) is 0 Å². The summed E-state index contributed by atoms with van der Waals surface area (Å²) in [4.78, 5) is 9.76. The van der Waals surface area contributed by atoms with Crippen molar-refractivity contribution in [1.82, 2.24) is 9.80 Å². The first-order chi connectivity index (χ1) is 7.27. The number of hydrogen-bond donors (Lipinski definition) is 0. The van der Waals surface area contributed by atoms with Gasteiger partial charge in [-0.25, -0.2) is 0 Å². The van der Waals surface area contributed by atoms with Crippen molar-refractivity contribution in [3.05, 3.63) is 0 Å². The molecule has 0 radical (unpaired) electrons. The molecule has 2 fully saturated rings. The van der Waals surface area contributed by atoms with Gasteiger partial charge in [0.2, 0.25) is 0 Å². The van der Waals surface area contributed by atoms with E-state index in [1.54, 1.807) is 0 Å². The maximum atomic E-state index is 4.81. The molecule has 0 unspecified atom stereocenters. The van der Waals surface area contributed by atoms with Crippen LogP contribution < -0.4 is 0 Å². The van der Waals surface area contributed by atoms with Gasteiger partial charge in [-0.2, -0.15) is 0 Å². The molecule has 0 spiro atoms. The van der Waals surface area contributed by atoms with Crippen LogP contribution in [-0.2, 0) is 0 Å². The molecule has 0 amide bonds. The molecule has 2 aliphatic rings. The lowest BCUT2D eigenvalue weighted by molar-refractivity contribution is 0.390. The molecule has 0 atom stereocenters. The molecule has 0 aromatic carbocycles. The predicted octanol–water partition coefficient (Wildman–Crippen LogP) is 1.94. The van der Waals surface area contributed by atoms with E-state index in [9.17, 15) is 0 Å². The molecule has 2 aliphatic heterocycles. The zero-order valence-corrected chi connectivity index (χ0v) is 10.1. The number of aliphatic imine (C=N–C) groups is 1. The third-order valence-corrected chi connectivity index (χ3v) is 3.15. The summed E-state index contributed by atoms with van der Waals surface area (Å²) >= 11 is 0. The molecule has 3 heteroatoms. The van der Waals surface area contributed by atoms with Crippen molar-refractivity contribution >= 4 is 5.96 Å². The maximum absolute atomic E-state index is 4.81. The van der Waals surface area contributed by atoms with Crippen LogP contribution in [0, 0.1) is 0 Å². The predicted molar refractivity (Wildman–Crippen MR) is 64.2 cm³/mol. The standard InChI is InChI=1S/C12H23N3/c1-11(2)13-12(14-7-3-4-8-14)15-9-5-6-10-15/h11H,3-10H2,1-2H3. The third-order valence-electron chi connectivity index (χ3n) is 3.15. The highest BCUT2D eigenvalue weighted by molar-refractivity contribution is 5.80. The van der Waals surface area contributed by atoms with Gasteiger partial charge in [0.05, 0.1) is 0 Å². The Labute approximate surface area is 93.2 Å². The van der Waals surface area contributed by atoms with Crippen LogP contribution in [-0.4, -0.2) is 48.0 Å². The highest BCUT2D eigenvalue weighted by Crippen LogP contribution is 2.16. The van der Waals surface area contributed by atoms with E-state index in [2.05, 4.69) is 23.6 Å². The lowest BCUT2D eigenvalue weighted by Crippen LogP contribution is -2.42. The highest BCUT2D eigenvalue weighted by Gasteiger charge is 2.24. The van der Waals surface area contributed by atoms with Crippen LogP contribution in [0.5, 0.6) is 0 Å². The second-order valence-corrected chi connectivity index (χ2v) is 4.91. The average Bonchev–Trinajstić information content (AvgIpc) is 2.87. The maximum Gasteiger partial charge on any atom is 0.196 e. The fourth-order valence-electron chi connectivity index (χ4n) is 2.43. The van der Waals surface area contributed by atoms with Crippen molar-refractivity contribution in [1.29, 1.82) is 0 Å². The molecule has 3 nitrogen and oxygen atoms in total. The SMILES string of the molecule is CC(C)N=C(N1CCCC1)N1CCCC1. The average molecular weight is 209 g/mol. The van der Waals surface area contributed by atoms with Gasteiger partial charge in [-0.3, -0.25) is 4.99 Å². The Morgan fingerprint density at radius 3 is 1.60 bits per heavy atom. The van der Waals surface area contributed by atoms with Gasteiger partial charge in [-0.15, -0.1) is 0 Å². The van der Waals surface area contributed by atoms with Crippen molar-refractivity contribution in [3.63, 3.8) is 0 Å². The largest absolute Gasteiger partial charge is 0.343 e. The van der Waals surface area contributed by atoms with Crippen LogP contribution in [0.3, 0.4) is 0 Å². The minimum absolute atomic E-state index is 0.418. The van der Waals surface area contributed by atoms with Crippen LogP contribution in [0.2, 0.25) is 0 Å². The van der Waals surface area contributed by atoms with Crippen LogP contribution >= 0.6 is 0 Å². The fourth-order valence-corrected chi connectivity index (χ4v) is 2.43. The van der Waals surface area contributed by atoms with Crippen LogP contribution in [0.4, 0.5) is 0 Å². The van der Waals surface area contributed by atoms with Crippen molar-refractivity contribution in [2.75, 3.05) is 26.2 Å². The van der Waals surface area contributed by atoms with E-state index in [1.165, 1.54) is 57.8 Å². The van der Waals surface area contributed by atoms with Crippen LogP contribution in [0.15, 0.2) is 4.99 Å². The number of guanidine groups is 1. The van der Waals surface area contributed by atoms with Crippen molar-refractivity contribution < 1.29 is 0 Å². The zero-order valence-electron chi connectivity index (χ0n) is 10.1. The van der Waals surface area contributed by atoms with Gasteiger partial charge in [0.25, 0.3) is 0 Å². The Morgan fingerprint density at radius 2 is 1.27 bits per heavy atom. The van der Waals surface area contributed by atoms with Crippen molar-refractivity contribution in [2.45, 2.75) is 45.6 Å². The van der Waals surface area contributed by atoms with Crippen molar-refractivity contribution in [3.8, 4) is 0 Å². The van der Waals surface area contributed by atoms with Gasteiger partial charge in [-0.05, 0) is 39.5 Å². The van der Waals surface area contributed by atoms with E-state index in [0.29, 0.717) is 6.04 Å². The molecule has 0 saturated carbocycles. The fraction of sp³-hybridized carbons (Fsp3) is 0.917. The quantitative estimate of drug-likeness (QED) is 0.485. The summed E-state index contributed by atoms with van der Waals surface area (Å²) in [7, 11) is 0. The molecular weight excluding hydrogens is 186 g/mol. The normalized spacial score (nSPS) is 21.5. The Kier molecular flexibility index (Phi) is 3.49. The van der Waals surface area contributed by atoms with Crippen LogP contribution in [0.25, 0.3) is 0 Å². The van der Waals surface area contributed by atoms with Crippen LogP contribution in [0.1, 0.15) is 39.5 Å². The summed E-state index contributed by atoms with van der Waals surface area (Å²) in [6.07, 6.45) is 5.35. The molecule has 0 bridgehead atoms. The molecule has 0 aliphatic carbocycles. The number of likely N-dealkylation sites (tertiary alicyclic amines) is 2. The summed E-state index contributed by atoms with van der Waals surface area (Å²) in [5, 5.41) is 0. The Morgan fingerprint density at radius 1 is 0.867 bits per heavy atom. The number of nitrogens with zero attached hydrogens (tertiary/aromatic N) is 3. The van der Waals surface area contributed by atoms with Gasteiger partial charge >= 0.3 is 0 Å². The van der Waals surface area contributed by atoms with Crippen molar-refractivity contribution in [2.24, 2.45) is 4.99 Å². The first-order valence-electron chi connectivity index (χ1n) is 6.35. The summed E-state index contributed by atoms with van der Waals surface area (Å²) in [5.41, 5.74) is 0. The first-order valence-corrected chi connectivity index (χ1v) is 6.35. The minimum atomic E-state index is 0.418. The smallest absolute Gasteiger partial charge is 0.196 e. The number of hydrogen-bond acceptors (Lipinski definition) is 1. The van der Waals surface area contributed by atoms with E-state index in [-0.39, 0.29) is 0 Å².